The van der Waals surface area contributed by atoms with Crippen LogP contribution in [0.1, 0.15) is 175 Å². The molecule has 0 fully saturated rings. The summed E-state index contributed by atoms with van der Waals surface area (Å²) in [4.78, 5) is 4.58. The predicted octanol–water partition coefficient (Wildman–Crippen LogP) is 14.2. The van der Waals surface area contributed by atoms with E-state index >= 15 is 0 Å². The average molecular weight is 594 g/mol. The topological polar surface area (TPSA) is 0 Å². The van der Waals surface area contributed by atoms with Crippen LogP contribution in [0.2, 0.25) is 0 Å². The zero-order valence-electron chi connectivity index (χ0n) is 26.5. The molecule has 1 aromatic carbocycles. The van der Waals surface area contributed by atoms with Gasteiger partial charge in [-0.05, 0) is 54.7 Å². The molecule has 0 spiro atoms. The third-order valence-electron chi connectivity index (χ3n) is 7.63. The highest BCUT2D eigenvalue weighted by Gasteiger charge is 2.11. The van der Waals surface area contributed by atoms with Crippen molar-refractivity contribution in [2.45, 2.75) is 190 Å². The zero-order chi connectivity index (χ0) is 28.1. The van der Waals surface area contributed by atoms with Crippen molar-refractivity contribution in [1.82, 2.24) is 0 Å². The van der Waals surface area contributed by atoms with E-state index in [-0.39, 0.29) is 0 Å². The van der Waals surface area contributed by atoms with E-state index in [1.54, 1.807) is 4.90 Å². The summed E-state index contributed by atoms with van der Waals surface area (Å²) >= 11 is 6.35. The quantitative estimate of drug-likeness (QED) is 0.0643. The van der Waals surface area contributed by atoms with Crippen molar-refractivity contribution < 1.29 is 0 Å². The summed E-state index contributed by atoms with van der Waals surface area (Å²) < 4.78 is 0. The van der Waals surface area contributed by atoms with Gasteiger partial charge < -0.3 is 0 Å². The third kappa shape index (κ3) is 22.5. The molecule has 0 atom stereocenters. The minimum Gasteiger partial charge on any atom is -0.125 e. The van der Waals surface area contributed by atoms with E-state index < -0.39 is 0 Å². The van der Waals surface area contributed by atoms with Gasteiger partial charge in [-0.3, -0.25) is 0 Å². The largest absolute Gasteiger partial charge is 0.125 e. The number of hydrogen-bond donors (Lipinski definition) is 0. The van der Waals surface area contributed by atoms with Crippen LogP contribution < -0.4 is 0 Å². The first-order chi connectivity index (χ1) is 19.3. The fraction of sp³-hybridized carbons (Fsp3) is 0.833. The molecule has 1 radical (unpaired) electrons. The Kier molecular flexibility index (Phi) is 28.5. The maximum Gasteiger partial charge on any atom is 0.0345 e. The predicted molar refractivity (Wildman–Crippen MR) is 185 cm³/mol. The van der Waals surface area contributed by atoms with Crippen LogP contribution in [0.25, 0.3) is 0 Å². The van der Waals surface area contributed by atoms with Gasteiger partial charge in [0.25, 0.3) is 0 Å². The zero-order valence-corrected chi connectivity index (χ0v) is 28.9. The van der Waals surface area contributed by atoms with Gasteiger partial charge in [0, 0.05) is 14.7 Å². The second-order valence-electron chi connectivity index (χ2n) is 11.5. The normalized spacial score (nSPS) is 11.5. The van der Waals surface area contributed by atoms with Crippen LogP contribution in [0.15, 0.2) is 26.8 Å². The first kappa shape index (κ1) is 37.3. The molecule has 0 N–H and O–H groups in total. The van der Waals surface area contributed by atoms with Crippen LogP contribution in [-0.4, -0.2) is 17.3 Å². The molecule has 0 unspecified atom stereocenters. The highest BCUT2D eigenvalue weighted by molar-refractivity contribution is 8.03. The molecule has 3 heteroatoms. The van der Waals surface area contributed by atoms with E-state index in [4.69, 9.17) is 0 Å². The molecule has 0 saturated carbocycles. The molecule has 0 heterocycles. The van der Waals surface area contributed by atoms with Gasteiger partial charge in [0.1, 0.15) is 0 Å². The molecular weight excluding hydrogens is 529 g/mol. The summed E-state index contributed by atoms with van der Waals surface area (Å²) in [5, 5.41) is 0. The van der Waals surface area contributed by atoms with Gasteiger partial charge in [0.2, 0.25) is 0 Å². The maximum atomic E-state index is 3.51. The van der Waals surface area contributed by atoms with Crippen molar-refractivity contribution >= 4 is 35.3 Å². The Morgan fingerprint density at radius 3 is 1.00 bits per heavy atom. The number of unbranched alkanes of at least 4 members (excludes halogenated alkanes) is 21. The fourth-order valence-electron chi connectivity index (χ4n) is 5.05. The molecule has 39 heavy (non-hydrogen) atoms. The molecule has 0 aliphatic carbocycles. The van der Waals surface area contributed by atoms with Gasteiger partial charge in [0.15, 0.2) is 0 Å². The summed E-state index contributed by atoms with van der Waals surface area (Å²) in [6.45, 7) is 6.92. The smallest absolute Gasteiger partial charge is 0.0345 e. The van der Waals surface area contributed by atoms with Crippen molar-refractivity contribution in [3.8, 4) is 0 Å². The van der Waals surface area contributed by atoms with Crippen LogP contribution in [0.3, 0.4) is 0 Å². The maximum absolute atomic E-state index is 3.51. The van der Waals surface area contributed by atoms with Crippen LogP contribution >= 0.6 is 35.3 Å². The van der Waals surface area contributed by atoms with Crippen molar-refractivity contribution in [2.24, 2.45) is 0 Å². The van der Waals surface area contributed by atoms with Gasteiger partial charge in [-0.15, -0.1) is 35.3 Å². The van der Waals surface area contributed by atoms with E-state index in [0.717, 1.165) is 0 Å². The van der Waals surface area contributed by atoms with E-state index in [2.05, 4.69) is 74.3 Å². The highest BCUT2D eigenvalue weighted by Crippen LogP contribution is 2.39. The Labute approximate surface area is 259 Å². The lowest BCUT2D eigenvalue weighted by Crippen LogP contribution is -1.91. The van der Waals surface area contributed by atoms with E-state index in [0.29, 0.717) is 0 Å². The average Bonchev–Trinajstić information content (AvgIpc) is 2.95. The van der Waals surface area contributed by atoms with Crippen molar-refractivity contribution in [1.29, 1.82) is 0 Å². The SMILES string of the molecule is CCCCCCCCCCSc1c[c]cc(SCCCCCCCCCC)c1SCCCCCCCCCC. The second-order valence-corrected chi connectivity index (χ2v) is 14.9. The molecule has 0 aromatic heterocycles. The number of benzene rings is 1. The Balaban J connectivity index is 2.44. The van der Waals surface area contributed by atoms with Crippen LogP contribution in [0.4, 0.5) is 0 Å². The lowest BCUT2D eigenvalue weighted by molar-refractivity contribution is 0.586. The number of hydrogen-bond acceptors (Lipinski definition) is 3. The Morgan fingerprint density at radius 2 is 0.667 bits per heavy atom. The molecule has 0 saturated heterocycles. The highest BCUT2D eigenvalue weighted by atomic mass is 32.2. The Bertz CT molecular complexity index is 589. The molecule has 0 amide bonds. The van der Waals surface area contributed by atoms with Gasteiger partial charge in [-0.25, -0.2) is 0 Å². The molecular formula is C36H65S3. The monoisotopic (exact) mass is 593 g/mol. The summed E-state index contributed by atoms with van der Waals surface area (Å²) in [6, 6.07) is 8.08. The summed E-state index contributed by atoms with van der Waals surface area (Å²) in [5.74, 6) is 3.80. The van der Waals surface area contributed by atoms with Crippen molar-refractivity contribution in [3.05, 3.63) is 18.2 Å². The molecule has 0 bridgehead atoms. The van der Waals surface area contributed by atoms with Crippen LogP contribution in [0, 0.1) is 6.07 Å². The van der Waals surface area contributed by atoms with E-state index in [1.165, 1.54) is 181 Å². The molecule has 227 valence electrons. The van der Waals surface area contributed by atoms with E-state index in [9.17, 15) is 0 Å². The van der Waals surface area contributed by atoms with E-state index in [1.807, 2.05) is 0 Å². The van der Waals surface area contributed by atoms with Crippen LogP contribution in [0.5, 0.6) is 0 Å². The minimum atomic E-state index is 1.26. The first-order valence-corrected chi connectivity index (χ1v) is 20.2. The minimum absolute atomic E-state index is 1.26. The molecule has 0 aliphatic heterocycles. The first-order valence-electron chi connectivity index (χ1n) is 17.3. The van der Waals surface area contributed by atoms with Gasteiger partial charge in [-0.2, -0.15) is 0 Å². The summed E-state index contributed by atoms with van der Waals surface area (Å²) in [6.07, 6.45) is 33.8. The lowest BCUT2D eigenvalue weighted by Gasteiger charge is -2.14. The van der Waals surface area contributed by atoms with Gasteiger partial charge in [-0.1, -0.05) is 156 Å². The van der Waals surface area contributed by atoms with Crippen molar-refractivity contribution in [3.63, 3.8) is 0 Å². The third-order valence-corrected chi connectivity index (χ3v) is 11.4. The molecule has 0 nitrogen and oxygen atoms in total. The number of rotatable bonds is 30. The standard InChI is InChI=1S/C36H65S3/c1-4-7-10-13-16-19-22-25-31-37-34-29-28-30-35(38-32-26-23-20-17-14-11-8-5-2)36(34)39-33-27-24-21-18-15-12-9-6-3/h29-30H,4-27,31-33H2,1-3H3. The van der Waals surface area contributed by atoms with Gasteiger partial charge >= 0.3 is 0 Å². The molecule has 1 rings (SSSR count). The molecule has 1 aromatic rings. The van der Waals surface area contributed by atoms with Crippen molar-refractivity contribution in [2.75, 3.05) is 17.3 Å². The summed E-state index contributed by atoms with van der Waals surface area (Å²) in [7, 11) is 0. The fourth-order valence-corrected chi connectivity index (χ4v) is 8.70. The molecule has 0 aliphatic rings. The number of thioether (sulfide) groups is 3. The second kappa shape index (κ2) is 29.8. The Morgan fingerprint density at radius 1 is 0.385 bits per heavy atom. The van der Waals surface area contributed by atoms with Gasteiger partial charge in [0.05, 0.1) is 0 Å². The van der Waals surface area contributed by atoms with Crippen LogP contribution in [-0.2, 0) is 0 Å². The lowest BCUT2D eigenvalue weighted by atomic mass is 10.1. The summed E-state index contributed by atoms with van der Waals surface area (Å²) in [5.41, 5.74) is 0. The Hall–Kier alpha value is 0.270.